The number of ether oxygens (including phenoxy) is 1. The molecule has 0 saturated heterocycles. The van der Waals surface area contributed by atoms with Gasteiger partial charge in [0.1, 0.15) is 0 Å². The smallest absolute Gasteiger partial charge is 0.228 e. The van der Waals surface area contributed by atoms with E-state index < -0.39 is 0 Å². The fourth-order valence-electron chi connectivity index (χ4n) is 1.47. The Labute approximate surface area is 126 Å². The van der Waals surface area contributed by atoms with Gasteiger partial charge in [0, 0.05) is 18.3 Å². The summed E-state index contributed by atoms with van der Waals surface area (Å²) in [5.74, 6) is 0.871. The number of anilines is 1. The molecule has 2 heterocycles. The van der Waals surface area contributed by atoms with Gasteiger partial charge in [0.2, 0.25) is 22.4 Å². The highest BCUT2D eigenvalue weighted by Crippen LogP contribution is 2.17. The van der Waals surface area contributed by atoms with E-state index in [1.54, 1.807) is 6.20 Å². The number of hydrogen-bond donors (Lipinski definition) is 1. The zero-order valence-electron chi connectivity index (χ0n) is 11.0. The maximum absolute atomic E-state index is 5.71. The Bertz CT molecular complexity index is 574. The van der Waals surface area contributed by atoms with Crippen LogP contribution in [-0.2, 0) is 6.54 Å². The van der Waals surface area contributed by atoms with Crippen molar-refractivity contribution in [1.29, 1.82) is 0 Å². The number of rotatable bonds is 5. The lowest BCUT2D eigenvalue weighted by molar-refractivity contribution is 0.230. The van der Waals surface area contributed by atoms with Gasteiger partial charge in [-0.05, 0) is 43.1 Å². The summed E-state index contributed by atoms with van der Waals surface area (Å²) < 4.78 is 5.62. The summed E-state index contributed by atoms with van der Waals surface area (Å²) >= 11 is 11.4. The predicted molar refractivity (Wildman–Crippen MR) is 77.2 cm³/mol. The summed E-state index contributed by atoms with van der Waals surface area (Å²) in [6.45, 7) is 4.32. The van der Waals surface area contributed by atoms with E-state index in [9.17, 15) is 0 Å². The Morgan fingerprint density at radius 3 is 2.55 bits per heavy atom. The fourth-order valence-corrected chi connectivity index (χ4v) is 1.83. The summed E-state index contributed by atoms with van der Waals surface area (Å²) in [5.41, 5.74) is 0.883. The van der Waals surface area contributed by atoms with Crippen LogP contribution in [0.15, 0.2) is 18.3 Å². The molecule has 6 nitrogen and oxygen atoms in total. The van der Waals surface area contributed by atoms with E-state index in [-0.39, 0.29) is 16.7 Å². The summed E-state index contributed by atoms with van der Waals surface area (Å²) in [6.07, 6.45) is 1.72. The van der Waals surface area contributed by atoms with Crippen LogP contribution in [-0.4, -0.2) is 26.0 Å². The van der Waals surface area contributed by atoms with Gasteiger partial charge in [-0.3, -0.25) is 0 Å². The molecule has 0 aliphatic carbocycles. The van der Waals surface area contributed by atoms with Gasteiger partial charge in [-0.15, -0.1) is 0 Å². The van der Waals surface area contributed by atoms with Gasteiger partial charge in [-0.25, -0.2) is 4.98 Å². The molecule has 0 aliphatic heterocycles. The lowest BCUT2D eigenvalue weighted by Gasteiger charge is -2.13. The van der Waals surface area contributed by atoms with Crippen LogP contribution in [0.4, 0.5) is 5.95 Å². The van der Waals surface area contributed by atoms with Crippen LogP contribution in [0.1, 0.15) is 19.4 Å². The molecular formula is C12H13Cl2N5O. The molecule has 0 bridgehead atoms. The van der Waals surface area contributed by atoms with Crippen LogP contribution in [0.5, 0.6) is 5.88 Å². The second-order valence-corrected chi connectivity index (χ2v) is 4.86. The molecule has 2 aromatic rings. The Hall–Kier alpha value is -1.66. The van der Waals surface area contributed by atoms with Crippen molar-refractivity contribution in [3.05, 3.63) is 34.5 Å². The number of nitrogens with one attached hydrogen (secondary N) is 1. The van der Waals surface area contributed by atoms with Crippen molar-refractivity contribution in [2.75, 3.05) is 5.32 Å². The van der Waals surface area contributed by atoms with Crippen LogP contribution in [0.2, 0.25) is 10.6 Å². The first-order valence-electron chi connectivity index (χ1n) is 5.96. The number of pyridine rings is 1. The average molecular weight is 314 g/mol. The first-order valence-corrected chi connectivity index (χ1v) is 6.71. The molecule has 106 valence electrons. The number of nitrogens with zero attached hydrogens (tertiary/aromatic N) is 4. The Kier molecular flexibility index (Phi) is 4.92. The van der Waals surface area contributed by atoms with Crippen molar-refractivity contribution in [2.24, 2.45) is 0 Å². The van der Waals surface area contributed by atoms with Gasteiger partial charge < -0.3 is 10.1 Å². The third-order valence-corrected chi connectivity index (χ3v) is 2.55. The third kappa shape index (κ3) is 4.18. The molecule has 1 N–H and O–H groups in total. The molecule has 0 atom stereocenters. The summed E-state index contributed by atoms with van der Waals surface area (Å²) in [7, 11) is 0. The molecule has 0 spiro atoms. The van der Waals surface area contributed by atoms with E-state index in [0.717, 1.165) is 5.56 Å². The van der Waals surface area contributed by atoms with Crippen LogP contribution < -0.4 is 10.1 Å². The van der Waals surface area contributed by atoms with Crippen LogP contribution in [0.25, 0.3) is 0 Å². The van der Waals surface area contributed by atoms with Crippen LogP contribution in [0, 0.1) is 0 Å². The number of aromatic nitrogens is 4. The predicted octanol–water partition coefficient (Wildman–Crippen LogP) is 2.97. The van der Waals surface area contributed by atoms with Crippen molar-refractivity contribution in [3.8, 4) is 5.88 Å². The van der Waals surface area contributed by atoms with Gasteiger partial charge in [0.25, 0.3) is 0 Å². The van der Waals surface area contributed by atoms with E-state index >= 15 is 0 Å². The minimum absolute atomic E-state index is 0.0392. The van der Waals surface area contributed by atoms with E-state index in [1.165, 1.54) is 0 Å². The standard InChI is InChI=1S/C12H13Cl2N5O/c1-7(2)20-9-8(4-3-5-15-9)6-16-12-18-10(13)17-11(14)19-12/h3-5,7H,6H2,1-2H3,(H,16,17,18,19). The molecule has 2 aromatic heterocycles. The third-order valence-electron chi connectivity index (χ3n) is 2.22. The van der Waals surface area contributed by atoms with E-state index in [4.69, 9.17) is 27.9 Å². The first kappa shape index (κ1) is 14.7. The largest absolute Gasteiger partial charge is 0.475 e. The molecule has 8 heteroatoms. The number of hydrogen-bond acceptors (Lipinski definition) is 6. The Morgan fingerprint density at radius 2 is 1.90 bits per heavy atom. The molecule has 20 heavy (non-hydrogen) atoms. The molecule has 0 radical (unpaired) electrons. The van der Waals surface area contributed by atoms with Crippen molar-refractivity contribution < 1.29 is 4.74 Å². The highest BCUT2D eigenvalue weighted by atomic mass is 35.5. The molecule has 0 amide bonds. The minimum atomic E-state index is 0.0392. The molecule has 2 rings (SSSR count). The van der Waals surface area contributed by atoms with Crippen molar-refractivity contribution in [2.45, 2.75) is 26.5 Å². The topological polar surface area (TPSA) is 72.8 Å². The van der Waals surface area contributed by atoms with Gasteiger partial charge in [-0.2, -0.15) is 15.0 Å². The van der Waals surface area contributed by atoms with E-state index in [0.29, 0.717) is 18.4 Å². The highest BCUT2D eigenvalue weighted by Gasteiger charge is 2.08. The van der Waals surface area contributed by atoms with Gasteiger partial charge in [0.05, 0.1) is 6.10 Å². The molecule has 0 aliphatic rings. The second kappa shape index (κ2) is 6.67. The monoisotopic (exact) mass is 313 g/mol. The zero-order chi connectivity index (χ0) is 14.5. The zero-order valence-corrected chi connectivity index (χ0v) is 12.5. The number of halogens is 2. The molecule has 0 saturated carbocycles. The van der Waals surface area contributed by atoms with Gasteiger partial charge in [-0.1, -0.05) is 6.07 Å². The van der Waals surface area contributed by atoms with E-state index in [1.807, 2.05) is 26.0 Å². The average Bonchev–Trinajstić information content (AvgIpc) is 2.36. The Balaban J connectivity index is 2.10. The molecule has 0 fully saturated rings. The molecular weight excluding hydrogens is 301 g/mol. The molecule has 0 unspecified atom stereocenters. The fraction of sp³-hybridized carbons (Fsp3) is 0.333. The van der Waals surface area contributed by atoms with Crippen LogP contribution >= 0.6 is 23.2 Å². The van der Waals surface area contributed by atoms with Gasteiger partial charge in [0.15, 0.2) is 0 Å². The highest BCUT2D eigenvalue weighted by molar-refractivity contribution is 6.31. The minimum Gasteiger partial charge on any atom is -0.475 e. The summed E-state index contributed by atoms with van der Waals surface area (Å²) in [5, 5.41) is 3.08. The first-order chi connectivity index (χ1) is 9.54. The maximum atomic E-state index is 5.71. The summed E-state index contributed by atoms with van der Waals surface area (Å²) in [6, 6.07) is 3.74. The lowest BCUT2D eigenvalue weighted by Crippen LogP contribution is -2.11. The normalized spacial score (nSPS) is 10.7. The SMILES string of the molecule is CC(C)Oc1ncccc1CNc1nc(Cl)nc(Cl)n1. The van der Waals surface area contributed by atoms with Crippen molar-refractivity contribution >= 4 is 29.2 Å². The van der Waals surface area contributed by atoms with Crippen molar-refractivity contribution in [3.63, 3.8) is 0 Å². The lowest BCUT2D eigenvalue weighted by atomic mass is 10.2. The van der Waals surface area contributed by atoms with E-state index in [2.05, 4.69) is 25.3 Å². The Morgan fingerprint density at radius 1 is 1.20 bits per heavy atom. The van der Waals surface area contributed by atoms with Crippen molar-refractivity contribution in [1.82, 2.24) is 19.9 Å². The summed E-state index contributed by atoms with van der Waals surface area (Å²) in [4.78, 5) is 15.7. The molecule has 0 aromatic carbocycles. The van der Waals surface area contributed by atoms with Gasteiger partial charge >= 0.3 is 0 Å². The second-order valence-electron chi connectivity index (χ2n) is 4.18. The quantitative estimate of drug-likeness (QED) is 0.914. The maximum Gasteiger partial charge on any atom is 0.228 e. The van der Waals surface area contributed by atoms with Crippen LogP contribution in [0.3, 0.4) is 0 Å².